The van der Waals surface area contributed by atoms with Crippen LogP contribution in [0.25, 0.3) is 0 Å². The highest BCUT2D eigenvalue weighted by Crippen LogP contribution is 2.62. The molecule has 0 heterocycles. The molecule has 0 aromatic carbocycles. The van der Waals surface area contributed by atoms with Crippen LogP contribution in [0.5, 0.6) is 0 Å². The Labute approximate surface area is 100 Å². The molecule has 0 aromatic heterocycles. The molecule has 0 saturated heterocycles. The van der Waals surface area contributed by atoms with Gasteiger partial charge in [-0.2, -0.15) is 13.2 Å². The van der Waals surface area contributed by atoms with Crippen molar-refractivity contribution in [1.82, 2.24) is 0 Å². The first kappa shape index (κ1) is 13.2. The average molecular weight is 250 g/mol. The van der Waals surface area contributed by atoms with Crippen molar-refractivity contribution in [2.24, 2.45) is 35.0 Å². The second-order valence-electron chi connectivity index (χ2n) is 6.29. The maximum atomic E-state index is 13.1. The number of rotatable bonds is 2. The molecule has 0 aliphatic heterocycles. The van der Waals surface area contributed by atoms with Crippen LogP contribution in [0.3, 0.4) is 0 Å². The van der Waals surface area contributed by atoms with Crippen molar-refractivity contribution in [2.45, 2.75) is 39.8 Å². The Hall–Kier alpha value is -0.250. The van der Waals surface area contributed by atoms with Crippen molar-refractivity contribution in [3.8, 4) is 0 Å². The second kappa shape index (κ2) is 3.87. The van der Waals surface area contributed by atoms with Gasteiger partial charge >= 0.3 is 6.18 Å². The highest BCUT2D eigenvalue weighted by atomic mass is 19.4. The Kier molecular flexibility index (Phi) is 3.00. The van der Waals surface area contributed by atoms with Crippen molar-refractivity contribution < 1.29 is 18.3 Å². The summed E-state index contributed by atoms with van der Waals surface area (Å²) in [6.07, 6.45) is -2.76. The largest absolute Gasteiger partial charge is 0.396 e. The van der Waals surface area contributed by atoms with Crippen molar-refractivity contribution in [2.75, 3.05) is 6.61 Å². The Bertz CT molecular complexity index is 300. The number of fused-ring (bicyclic) bond motifs is 2. The maximum absolute atomic E-state index is 13.1. The summed E-state index contributed by atoms with van der Waals surface area (Å²) in [6.45, 7) is 4.62. The molecule has 1 N–H and O–H groups in total. The van der Waals surface area contributed by atoms with Gasteiger partial charge < -0.3 is 5.11 Å². The molecule has 2 bridgehead atoms. The summed E-state index contributed by atoms with van der Waals surface area (Å²) in [5.74, 6) is 1.05. The van der Waals surface area contributed by atoms with Crippen LogP contribution in [0, 0.1) is 35.0 Å². The highest BCUT2D eigenvalue weighted by Gasteiger charge is 2.62. The molecule has 0 spiro atoms. The lowest BCUT2D eigenvalue weighted by Crippen LogP contribution is -2.48. The van der Waals surface area contributed by atoms with Crippen LogP contribution in [0.1, 0.15) is 33.6 Å². The summed E-state index contributed by atoms with van der Waals surface area (Å²) in [4.78, 5) is 0. The van der Waals surface area contributed by atoms with Gasteiger partial charge in [0.1, 0.15) is 0 Å². The molecule has 17 heavy (non-hydrogen) atoms. The lowest BCUT2D eigenvalue weighted by molar-refractivity contribution is -0.255. The molecule has 6 atom stereocenters. The molecule has 2 rings (SSSR count). The fourth-order valence-corrected chi connectivity index (χ4v) is 4.09. The Morgan fingerprint density at radius 1 is 1.12 bits per heavy atom. The number of alkyl halides is 3. The van der Waals surface area contributed by atoms with E-state index in [1.807, 2.05) is 0 Å². The normalized spacial score (nSPS) is 45.0. The van der Waals surface area contributed by atoms with E-state index in [0.29, 0.717) is 24.2 Å². The van der Waals surface area contributed by atoms with E-state index in [-0.39, 0.29) is 5.92 Å². The number of hydrogen-bond acceptors (Lipinski definition) is 1. The molecule has 2 saturated carbocycles. The lowest BCUT2D eigenvalue weighted by atomic mass is 9.64. The summed E-state index contributed by atoms with van der Waals surface area (Å²) in [6, 6.07) is 0. The minimum Gasteiger partial charge on any atom is -0.395 e. The fourth-order valence-electron chi connectivity index (χ4n) is 4.09. The zero-order valence-corrected chi connectivity index (χ0v) is 10.6. The van der Waals surface area contributed by atoms with Crippen LogP contribution in [0.2, 0.25) is 0 Å². The van der Waals surface area contributed by atoms with Gasteiger partial charge in [-0.1, -0.05) is 13.8 Å². The molecule has 1 nitrogen and oxygen atoms in total. The molecule has 6 unspecified atom stereocenters. The molecular weight excluding hydrogens is 229 g/mol. The molecule has 2 aliphatic carbocycles. The Morgan fingerprint density at radius 2 is 1.71 bits per heavy atom. The van der Waals surface area contributed by atoms with Crippen molar-refractivity contribution in [1.29, 1.82) is 0 Å². The van der Waals surface area contributed by atoms with Gasteiger partial charge in [-0.3, -0.25) is 0 Å². The zero-order chi connectivity index (χ0) is 13.0. The van der Waals surface area contributed by atoms with Gasteiger partial charge in [0.05, 0.1) is 12.0 Å². The van der Waals surface area contributed by atoms with E-state index >= 15 is 0 Å². The summed E-state index contributed by atoms with van der Waals surface area (Å²) < 4.78 is 39.4. The van der Waals surface area contributed by atoms with Crippen LogP contribution in [0.15, 0.2) is 0 Å². The van der Waals surface area contributed by atoms with Gasteiger partial charge in [-0.05, 0) is 49.4 Å². The van der Waals surface area contributed by atoms with E-state index < -0.39 is 24.1 Å². The SMILES string of the molecule is CC1C2CC(C1C)C(C(C)(CO)C(F)(F)F)C2. The topological polar surface area (TPSA) is 20.2 Å². The minimum absolute atomic E-state index is 0.133. The predicted octanol–water partition coefficient (Wildman–Crippen LogP) is 3.48. The quantitative estimate of drug-likeness (QED) is 0.795. The molecule has 0 aromatic rings. The third kappa shape index (κ3) is 1.71. The summed E-state index contributed by atoms with van der Waals surface area (Å²) in [5.41, 5.74) is -1.92. The van der Waals surface area contributed by atoms with Gasteiger partial charge in [0.25, 0.3) is 0 Å². The predicted molar refractivity (Wildman–Crippen MR) is 59.3 cm³/mol. The van der Waals surface area contributed by atoms with E-state index in [2.05, 4.69) is 13.8 Å². The molecule has 100 valence electrons. The van der Waals surface area contributed by atoms with Gasteiger partial charge in [0.15, 0.2) is 0 Å². The van der Waals surface area contributed by atoms with Gasteiger partial charge in [-0.15, -0.1) is 0 Å². The van der Waals surface area contributed by atoms with E-state index in [1.54, 1.807) is 0 Å². The number of hydrogen-bond donors (Lipinski definition) is 1. The summed E-state index contributed by atoms with van der Waals surface area (Å²) in [7, 11) is 0. The lowest BCUT2D eigenvalue weighted by Gasteiger charge is -2.43. The van der Waals surface area contributed by atoms with E-state index in [0.717, 1.165) is 6.42 Å². The standard InChI is InChI=1S/C13H21F3O/c1-7-8(2)10-4-9(7)5-11(10)12(3,6-17)13(14,15)16/h7-11,17H,4-6H2,1-3H3. The maximum Gasteiger partial charge on any atom is 0.396 e. The molecule has 4 heteroatoms. The van der Waals surface area contributed by atoms with Crippen molar-refractivity contribution in [3.05, 3.63) is 0 Å². The van der Waals surface area contributed by atoms with Gasteiger partial charge in [-0.25, -0.2) is 0 Å². The van der Waals surface area contributed by atoms with Crippen LogP contribution in [-0.2, 0) is 0 Å². The fraction of sp³-hybridized carbons (Fsp3) is 1.00. The first-order valence-corrected chi connectivity index (χ1v) is 6.40. The first-order valence-electron chi connectivity index (χ1n) is 6.40. The summed E-state index contributed by atoms with van der Waals surface area (Å²) >= 11 is 0. The van der Waals surface area contributed by atoms with Gasteiger partial charge in [0.2, 0.25) is 0 Å². The van der Waals surface area contributed by atoms with Crippen LogP contribution < -0.4 is 0 Å². The molecule has 0 amide bonds. The molecule has 2 fully saturated rings. The smallest absolute Gasteiger partial charge is 0.395 e. The third-order valence-corrected chi connectivity index (χ3v) is 5.69. The highest BCUT2D eigenvalue weighted by molar-refractivity contribution is 5.04. The Morgan fingerprint density at radius 3 is 2.06 bits per heavy atom. The first-order chi connectivity index (χ1) is 7.72. The Balaban J connectivity index is 2.25. The van der Waals surface area contributed by atoms with Crippen molar-refractivity contribution >= 4 is 0 Å². The van der Waals surface area contributed by atoms with E-state index in [4.69, 9.17) is 0 Å². The van der Waals surface area contributed by atoms with E-state index in [1.165, 1.54) is 6.92 Å². The van der Waals surface area contributed by atoms with Crippen LogP contribution in [-0.4, -0.2) is 17.9 Å². The van der Waals surface area contributed by atoms with Crippen LogP contribution >= 0.6 is 0 Å². The third-order valence-electron chi connectivity index (χ3n) is 5.69. The average Bonchev–Trinajstić information content (AvgIpc) is 2.77. The van der Waals surface area contributed by atoms with Crippen LogP contribution in [0.4, 0.5) is 13.2 Å². The number of halogens is 3. The van der Waals surface area contributed by atoms with Crippen molar-refractivity contribution in [3.63, 3.8) is 0 Å². The zero-order valence-electron chi connectivity index (χ0n) is 10.6. The minimum atomic E-state index is -4.31. The second-order valence-corrected chi connectivity index (χ2v) is 6.29. The number of aliphatic hydroxyl groups is 1. The monoisotopic (exact) mass is 250 g/mol. The number of aliphatic hydroxyl groups excluding tert-OH is 1. The molecule has 0 radical (unpaired) electrons. The van der Waals surface area contributed by atoms with Gasteiger partial charge in [0, 0.05) is 0 Å². The van der Waals surface area contributed by atoms with E-state index in [9.17, 15) is 18.3 Å². The molecular formula is C13H21F3O. The summed E-state index contributed by atoms with van der Waals surface area (Å²) in [5, 5.41) is 9.24. The molecule has 2 aliphatic rings.